The van der Waals surface area contributed by atoms with Crippen molar-refractivity contribution in [3.63, 3.8) is 0 Å². The van der Waals surface area contributed by atoms with Crippen molar-refractivity contribution >= 4 is 11.7 Å². The fraction of sp³-hybridized carbons (Fsp3) is 0.500. The van der Waals surface area contributed by atoms with E-state index in [2.05, 4.69) is 24.4 Å². The molecule has 0 amide bonds. The summed E-state index contributed by atoms with van der Waals surface area (Å²) in [6.45, 7) is 2.69. The third-order valence-corrected chi connectivity index (χ3v) is 3.06. The van der Waals surface area contributed by atoms with Gasteiger partial charge in [-0.1, -0.05) is 17.7 Å². The maximum absolute atomic E-state index is 11.4. The molecule has 92 valence electrons. The predicted octanol–water partition coefficient (Wildman–Crippen LogP) is 2.89. The molecule has 0 radical (unpaired) electrons. The first-order chi connectivity index (χ1) is 8.24. The highest BCUT2D eigenvalue weighted by Crippen LogP contribution is 2.22. The van der Waals surface area contributed by atoms with E-state index in [0.717, 1.165) is 18.5 Å². The molecule has 1 aliphatic carbocycles. The van der Waals surface area contributed by atoms with Crippen molar-refractivity contribution in [2.24, 2.45) is 0 Å². The normalized spacial score (nSPS) is 15.1. The number of rotatable bonds is 5. The summed E-state index contributed by atoms with van der Waals surface area (Å²) in [6.07, 6.45) is 3.90. The summed E-state index contributed by atoms with van der Waals surface area (Å²) in [5, 5.41) is 3.21. The molecular weight excluding hydrogens is 214 g/mol. The minimum atomic E-state index is -0.0886. The smallest absolute Gasteiger partial charge is 0.307 e. The first kappa shape index (κ1) is 12.0. The van der Waals surface area contributed by atoms with Gasteiger partial charge in [-0.3, -0.25) is 4.79 Å². The molecule has 0 aliphatic heterocycles. The molecule has 1 aliphatic rings. The molecule has 3 nitrogen and oxygen atoms in total. The quantitative estimate of drug-likeness (QED) is 0.795. The van der Waals surface area contributed by atoms with Gasteiger partial charge in [-0.25, -0.2) is 0 Å². The second-order valence-electron chi connectivity index (χ2n) is 4.59. The van der Waals surface area contributed by atoms with Crippen molar-refractivity contribution in [1.82, 2.24) is 0 Å². The van der Waals surface area contributed by atoms with E-state index in [9.17, 15) is 4.79 Å². The molecule has 0 heterocycles. The average molecular weight is 233 g/mol. The van der Waals surface area contributed by atoms with Crippen molar-refractivity contribution in [3.8, 4) is 0 Å². The van der Waals surface area contributed by atoms with Crippen LogP contribution >= 0.6 is 0 Å². The van der Waals surface area contributed by atoms with Crippen LogP contribution in [0.4, 0.5) is 5.69 Å². The molecule has 0 aromatic heterocycles. The van der Waals surface area contributed by atoms with Gasteiger partial charge in [-0.2, -0.15) is 0 Å². The van der Waals surface area contributed by atoms with E-state index >= 15 is 0 Å². The summed E-state index contributed by atoms with van der Waals surface area (Å²) < 4.78 is 5.26. The Morgan fingerprint density at radius 3 is 2.65 bits per heavy atom. The van der Waals surface area contributed by atoms with Crippen LogP contribution in [0.25, 0.3) is 0 Å². The zero-order valence-corrected chi connectivity index (χ0v) is 10.2. The van der Waals surface area contributed by atoms with Crippen LogP contribution in [-0.2, 0) is 9.53 Å². The van der Waals surface area contributed by atoms with Gasteiger partial charge in [0.2, 0.25) is 0 Å². The van der Waals surface area contributed by atoms with Gasteiger partial charge in [-0.05, 0) is 38.3 Å². The maximum Gasteiger partial charge on any atom is 0.307 e. The summed E-state index contributed by atoms with van der Waals surface area (Å²) >= 11 is 0. The lowest BCUT2D eigenvalue weighted by Crippen LogP contribution is -2.25. The summed E-state index contributed by atoms with van der Waals surface area (Å²) in [6, 6.07) is 8.14. The van der Waals surface area contributed by atoms with Gasteiger partial charge in [0, 0.05) is 12.2 Å². The SMILES string of the molecule is Cc1ccc(NCCC(=O)OC2CCC2)cc1. The van der Waals surface area contributed by atoms with Gasteiger partial charge in [0.15, 0.2) is 0 Å². The Balaban J connectivity index is 1.64. The van der Waals surface area contributed by atoms with E-state index in [1.54, 1.807) is 0 Å². The second-order valence-corrected chi connectivity index (χ2v) is 4.59. The number of nitrogens with one attached hydrogen (secondary N) is 1. The van der Waals surface area contributed by atoms with E-state index in [1.807, 2.05) is 12.1 Å². The van der Waals surface area contributed by atoms with Crippen LogP contribution in [0.3, 0.4) is 0 Å². The summed E-state index contributed by atoms with van der Waals surface area (Å²) in [5.74, 6) is -0.0886. The minimum Gasteiger partial charge on any atom is -0.462 e. The molecule has 1 aromatic carbocycles. The predicted molar refractivity (Wildman–Crippen MR) is 68.0 cm³/mol. The summed E-state index contributed by atoms with van der Waals surface area (Å²) in [5.41, 5.74) is 2.28. The third kappa shape index (κ3) is 3.77. The van der Waals surface area contributed by atoms with Crippen molar-refractivity contribution in [1.29, 1.82) is 0 Å². The molecule has 17 heavy (non-hydrogen) atoms. The Hall–Kier alpha value is -1.51. The zero-order valence-electron chi connectivity index (χ0n) is 10.2. The third-order valence-electron chi connectivity index (χ3n) is 3.06. The van der Waals surface area contributed by atoms with E-state index in [-0.39, 0.29) is 12.1 Å². The molecule has 0 spiro atoms. The number of carbonyl (C=O) groups is 1. The van der Waals surface area contributed by atoms with Gasteiger partial charge < -0.3 is 10.1 Å². The van der Waals surface area contributed by atoms with Crippen LogP contribution in [0.15, 0.2) is 24.3 Å². The first-order valence-electron chi connectivity index (χ1n) is 6.24. The molecule has 1 N–H and O–H groups in total. The maximum atomic E-state index is 11.4. The lowest BCUT2D eigenvalue weighted by molar-refractivity contribution is -0.152. The molecule has 3 heteroatoms. The lowest BCUT2D eigenvalue weighted by atomic mass is 9.96. The molecule has 0 saturated heterocycles. The first-order valence-corrected chi connectivity index (χ1v) is 6.24. The highest BCUT2D eigenvalue weighted by Gasteiger charge is 2.21. The van der Waals surface area contributed by atoms with E-state index in [1.165, 1.54) is 12.0 Å². The van der Waals surface area contributed by atoms with E-state index < -0.39 is 0 Å². The van der Waals surface area contributed by atoms with Crippen LogP contribution < -0.4 is 5.32 Å². The van der Waals surface area contributed by atoms with Gasteiger partial charge in [0.05, 0.1) is 6.42 Å². The van der Waals surface area contributed by atoms with Crippen molar-refractivity contribution in [2.45, 2.75) is 38.7 Å². The molecule has 1 saturated carbocycles. The number of hydrogen-bond acceptors (Lipinski definition) is 3. The minimum absolute atomic E-state index is 0.0886. The zero-order chi connectivity index (χ0) is 12.1. The van der Waals surface area contributed by atoms with Gasteiger partial charge >= 0.3 is 5.97 Å². The highest BCUT2D eigenvalue weighted by molar-refractivity contribution is 5.70. The summed E-state index contributed by atoms with van der Waals surface area (Å²) in [4.78, 5) is 11.4. The number of esters is 1. The fourth-order valence-electron chi connectivity index (χ4n) is 1.71. The van der Waals surface area contributed by atoms with Crippen LogP contribution in [-0.4, -0.2) is 18.6 Å². The highest BCUT2D eigenvalue weighted by atomic mass is 16.5. The van der Waals surface area contributed by atoms with Crippen molar-refractivity contribution in [3.05, 3.63) is 29.8 Å². The number of aryl methyl sites for hydroxylation is 1. The number of anilines is 1. The van der Waals surface area contributed by atoms with E-state index in [4.69, 9.17) is 4.74 Å². The number of benzene rings is 1. The Morgan fingerprint density at radius 2 is 2.06 bits per heavy atom. The van der Waals surface area contributed by atoms with Gasteiger partial charge in [0.25, 0.3) is 0 Å². The fourth-order valence-corrected chi connectivity index (χ4v) is 1.71. The molecule has 0 unspecified atom stereocenters. The van der Waals surface area contributed by atoms with Crippen LogP contribution in [0.2, 0.25) is 0 Å². The molecule has 0 atom stereocenters. The lowest BCUT2D eigenvalue weighted by Gasteiger charge is -2.25. The van der Waals surface area contributed by atoms with Crippen molar-refractivity contribution < 1.29 is 9.53 Å². The summed E-state index contributed by atoms with van der Waals surface area (Å²) in [7, 11) is 0. The Labute approximate surface area is 102 Å². The second kappa shape index (κ2) is 5.71. The number of ether oxygens (including phenoxy) is 1. The van der Waals surface area contributed by atoms with Crippen LogP contribution in [0, 0.1) is 6.92 Å². The Kier molecular flexibility index (Phi) is 4.02. The Bertz CT molecular complexity index is 368. The average Bonchev–Trinajstić information content (AvgIpc) is 2.26. The Morgan fingerprint density at radius 1 is 1.35 bits per heavy atom. The molecular formula is C14H19NO2. The van der Waals surface area contributed by atoms with Crippen molar-refractivity contribution in [2.75, 3.05) is 11.9 Å². The molecule has 2 rings (SSSR count). The van der Waals surface area contributed by atoms with Gasteiger partial charge in [-0.15, -0.1) is 0 Å². The molecule has 1 aromatic rings. The molecule has 0 bridgehead atoms. The number of carbonyl (C=O) groups excluding carboxylic acids is 1. The standard InChI is InChI=1S/C14H19NO2/c1-11-5-7-12(8-6-11)15-10-9-14(16)17-13-3-2-4-13/h5-8,13,15H,2-4,9-10H2,1H3. The van der Waals surface area contributed by atoms with E-state index in [0.29, 0.717) is 13.0 Å². The number of hydrogen-bond donors (Lipinski definition) is 1. The van der Waals surface area contributed by atoms with Crippen LogP contribution in [0.1, 0.15) is 31.2 Å². The van der Waals surface area contributed by atoms with Gasteiger partial charge in [0.1, 0.15) is 6.10 Å². The topological polar surface area (TPSA) is 38.3 Å². The van der Waals surface area contributed by atoms with Crippen LogP contribution in [0.5, 0.6) is 0 Å². The molecule has 1 fully saturated rings. The monoisotopic (exact) mass is 233 g/mol. The largest absolute Gasteiger partial charge is 0.462 e.